The average Bonchev–Trinajstić information content (AvgIpc) is 2.18. The molecule has 0 aromatic carbocycles. The minimum Gasteiger partial charge on any atom is -0.478 e. The zero-order valence-electron chi connectivity index (χ0n) is 8.32. The lowest BCUT2D eigenvalue weighted by molar-refractivity contribution is -0.132. The standard InChI is InChI=1S/C11H13NO2/c1-3-4-8-5-6-9(11(13)14)7-10(8)12-2/h4-7H,3H2,1-2H3,(H,13,14)/b8-4-,12-10?. The summed E-state index contributed by atoms with van der Waals surface area (Å²) in [6.45, 7) is 2.03. The first kappa shape index (κ1) is 10.4. The third kappa shape index (κ3) is 2.19. The topological polar surface area (TPSA) is 49.7 Å². The quantitative estimate of drug-likeness (QED) is 0.725. The molecule has 14 heavy (non-hydrogen) atoms. The lowest BCUT2D eigenvalue weighted by atomic mass is 9.99. The normalized spacial score (nSPS) is 21.4. The van der Waals surface area contributed by atoms with Crippen LogP contribution in [0.1, 0.15) is 13.3 Å². The van der Waals surface area contributed by atoms with E-state index in [4.69, 9.17) is 5.11 Å². The molecule has 1 aliphatic rings. The number of aliphatic carboxylic acids is 1. The monoisotopic (exact) mass is 191 g/mol. The summed E-state index contributed by atoms with van der Waals surface area (Å²) in [5.41, 5.74) is 1.99. The predicted molar refractivity (Wildman–Crippen MR) is 56.6 cm³/mol. The van der Waals surface area contributed by atoms with Crippen LogP contribution in [-0.4, -0.2) is 23.8 Å². The van der Waals surface area contributed by atoms with E-state index in [9.17, 15) is 4.79 Å². The maximum Gasteiger partial charge on any atom is 0.335 e. The summed E-state index contributed by atoms with van der Waals surface area (Å²) in [6.07, 6.45) is 7.90. The molecule has 0 radical (unpaired) electrons. The highest BCUT2D eigenvalue weighted by Crippen LogP contribution is 2.14. The molecule has 1 N–H and O–H groups in total. The summed E-state index contributed by atoms with van der Waals surface area (Å²) in [5.74, 6) is -0.919. The molecule has 74 valence electrons. The lowest BCUT2D eigenvalue weighted by Gasteiger charge is -2.08. The number of carbonyl (C=O) groups is 1. The van der Waals surface area contributed by atoms with Crippen molar-refractivity contribution in [1.82, 2.24) is 0 Å². The molecule has 1 rings (SSSR count). The molecule has 0 bridgehead atoms. The number of carboxylic acids is 1. The molecular weight excluding hydrogens is 178 g/mol. The van der Waals surface area contributed by atoms with Gasteiger partial charge < -0.3 is 5.11 Å². The number of carboxylic acid groups (broad SMARTS) is 1. The molecule has 0 saturated carbocycles. The second kappa shape index (κ2) is 4.56. The van der Waals surface area contributed by atoms with Gasteiger partial charge in [0.2, 0.25) is 0 Å². The number of hydrogen-bond donors (Lipinski definition) is 1. The Kier molecular flexibility index (Phi) is 3.40. The van der Waals surface area contributed by atoms with Gasteiger partial charge >= 0.3 is 5.97 Å². The van der Waals surface area contributed by atoms with Crippen molar-refractivity contribution in [2.75, 3.05) is 7.05 Å². The molecular formula is C11H13NO2. The van der Waals surface area contributed by atoms with Crippen LogP contribution in [0.2, 0.25) is 0 Å². The van der Waals surface area contributed by atoms with E-state index in [1.54, 1.807) is 25.3 Å². The second-order valence-corrected chi connectivity index (χ2v) is 2.91. The molecule has 0 aromatic heterocycles. The van der Waals surface area contributed by atoms with E-state index in [-0.39, 0.29) is 5.57 Å². The highest BCUT2D eigenvalue weighted by Gasteiger charge is 2.11. The first-order valence-electron chi connectivity index (χ1n) is 4.49. The van der Waals surface area contributed by atoms with E-state index in [0.717, 1.165) is 17.7 Å². The zero-order chi connectivity index (χ0) is 10.6. The van der Waals surface area contributed by atoms with Crippen LogP contribution < -0.4 is 0 Å². The maximum absolute atomic E-state index is 10.7. The first-order chi connectivity index (χ1) is 6.69. The third-order valence-corrected chi connectivity index (χ3v) is 1.94. The molecule has 0 amide bonds. The third-order valence-electron chi connectivity index (χ3n) is 1.94. The van der Waals surface area contributed by atoms with Gasteiger partial charge in [0.05, 0.1) is 11.3 Å². The molecule has 0 atom stereocenters. The molecule has 0 fully saturated rings. The summed E-state index contributed by atoms with van der Waals surface area (Å²) < 4.78 is 0. The average molecular weight is 191 g/mol. The molecule has 1 aliphatic carbocycles. The number of allylic oxidation sites excluding steroid dienone is 4. The Bertz CT molecular complexity index is 359. The summed E-state index contributed by atoms with van der Waals surface area (Å²) in [4.78, 5) is 14.7. The van der Waals surface area contributed by atoms with Crippen LogP contribution in [0.3, 0.4) is 0 Å². The van der Waals surface area contributed by atoms with Crippen LogP contribution in [0.15, 0.2) is 40.4 Å². The van der Waals surface area contributed by atoms with E-state index < -0.39 is 5.97 Å². The van der Waals surface area contributed by atoms with E-state index in [2.05, 4.69) is 4.99 Å². The minimum absolute atomic E-state index is 0.277. The van der Waals surface area contributed by atoms with Gasteiger partial charge in [-0.25, -0.2) is 4.79 Å². The Balaban J connectivity index is 3.03. The molecule has 0 spiro atoms. The van der Waals surface area contributed by atoms with Crippen LogP contribution in [0, 0.1) is 0 Å². The Morgan fingerprint density at radius 3 is 2.79 bits per heavy atom. The van der Waals surface area contributed by atoms with Gasteiger partial charge in [-0.05, 0) is 24.1 Å². The molecule has 0 aliphatic heterocycles. The molecule has 0 aromatic rings. The van der Waals surface area contributed by atoms with Crippen LogP contribution in [0.4, 0.5) is 0 Å². The van der Waals surface area contributed by atoms with Crippen LogP contribution in [0.25, 0.3) is 0 Å². The minimum atomic E-state index is -0.919. The van der Waals surface area contributed by atoms with Gasteiger partial charge in [0, 0.05) is 7.05 Å². The number of aliphatic imine (C=N–C) groups is 1. The Labute approximate surface area is 83.2 Å². The smallest absolute Gasteiger partial charge is 0.335 e. The van der Waals surface area contributed by atoms with Gasteiger partial charge in [-0.2, -0.15) is 0 Å². The van der Waals surface area contributed by atoms with E-state index in [0.29, 0.717) is 0 Å². The largest absolute Gasteiger partial charge is 0.478 e. The summed E-state index contributed by atoms with van der Waals surface area (Å²) >= 11 is 0. The number of hydrogen-bond acceptors (Lipinski definition) is 2. The van der Waals surface area contributed by atoms with Crippen molar-refractivity contribution in [1.29, 1.82) is 0 Å². The van der Waals surface area contributed by atoms with E-state index in [1.165, 1.54) is 0 Å². The number of nitrogens with zero attached hydrogens (tertiary/aromatic N) is 1. The fraction of sp³-hybridized carbons (Fsp3) is 0.273. The van der Waals surface area contributed by atoms with Gasteiger partial charge in [0.15, 0.2) is 0 Å². The molecule has 0 heterocycles. The van der Waals surface area contributed by atoms with Gasteiger partial charge in [-0.1, -0.05) is 19.1 Å². The van der Waals surface area contributed by atoms with Crippen molar-refractivity contribution in [2.24, 2.45) is 4.99 Å². The van der Waals surface area contributed by atoms with Crippen molar-refractivity contribution >= 4 is 11.7 Å². The molecule has 0 saturated heterocycles. The predicted octanol–water partition coefficient (Wildman–Crippen LogP) is 1.97. The maximum atomic E-state index is 10.7. The van der Waals surface area contributed by atoms with Gasteiger partial charge in [0.25, 0.3) is 0 Å². The summed E-state index contributed by atoms with van der Waals surface area (Å²) in [5, 5.41) is 8.77. The highest BCUT2D eigenvalue weighted by molar-refractivity contribution is 6.15. The Morgan fingerprint density at radius 2 is 2.29 bits per heavy atom. The summed E-state index contributed by atoms with van der Waals surface area (Å²) in [7, 11) is 1.66. The van der Waals surface area contributed by atoms with Crippen molar-refractivity contribution in [2.45, 2.75) is 13.3 Å². The van der Waals surface area contributed by atoms with Crippen molar-refractivity contribution < 1.29 is 9.90 Å². The Morgan fingerprint density at radius 1 is 1.57 bits per heavy atom. The van der Waals surface area contributed by atoms with Crippen molar-refractivity contribution in [3.05, 3.63) is 35.5 Å². The summed E-state index contributed by atoms with van der Waals surface area (Å²) in [6, 6.07) is 0. The van der Waals surface area contributed by atoms with Crippen LogP contribution in [0.5, 0.6) is 0 Å². The Hall–Kier alpha value is -1.64. The van der Waals surface area contributed by atoms with Gasteiger partial charge in [-0.15, -0.1) is 0 Å². The van der Waals surface area contributed by atoms with Crippen molar-refractivity contribution in [3.63, 3.8) is 0 Å². The van der Waals surface area contributed by atoms with Crippen LogP contribution in [-0.2, 0) is 4.79 Å². The fourth-order valence-corrected chi connectivity index (χ4v) is 1.26. The molecule has 3 heteroatoms. The van der Waals surface area contributed by atoms with Crippen LogP contribution >= 0.6 is 0 Å². The highest BCUT2D eigenvalue weighted by atomic mass is 16.4. The van der Waals surface area contributed by atoms with Crippen molar-refractivity contribution in [3.8, 4) is 0 Å². The molecule has 0 unspecified atom stereocenters. The SMILES string of the molecule is CC/C=C1/C=CC(C(=O)O)=CC1=NC. The van der Waals surface area contributed by atoms with Gasteiger partial charge in [-0.3, -0.25) is 4.99 Å². The van der Waals surface area contributed by atoms with E-state index in [1.807, 2.05) is 13.0 Å². The van der Waals surface area contributed by atoms with E-state index >= 15 is 0 Å². The molecule has 3 nitrogen and oxygen atoms in total. The first-order valence-corrected chi connectivity index (χ1v) is 4.49. The second-order valence-electron chi connectivity index (χ2n) is 2.91. The van der Waals surface area contributed by atoms with Gasteiger partial charge in [0.1, 0.15) is 0 Å². The number of rotatable bonds is 2. The lowest BCUT2D eigenvalue weighted by Crippen LogP contribution is -2.08. The fourth-order valence-electron chi connectivity index (χ4n) is 1.26. The zero-order valence-corrected chi connectivity index (χ0v) is 8.32.